The van der Waals surface area contributed by atoms with Gasteiger partial charge < -0.3 is 11.1 Å². The highest BCUT2D eigenvalue weighted by Gasteiger charge is 2.12. The first-order chi connectivity index (χ1) is 7.91. The fourth-order valence-electron chi connectivity index (χ4n) is 1.48. The molecule has 0 aliphatic heterocycles. The third-order valence-corrected chi connectivity index (χ3v) is 4.32. The number of sulfone groups is 1. The summed E-state index contributed by atoms with van der Waals surface area (Å²) in [5.74, 6) is 0.976. The summed E-state index contributed by atoms with van der Waals surface area (Å²) in [6.07, 6.45) is 0. The molecule has 0 unspecified atom stereocenters. The first-order valence-electron chi connectivity index (χ1n) is 5.68. The Balaban J connectivity index is 2.70. The minimum absolute atomic E-state index is 0.108. The predicted molar refractivity (Wildman–Crippen MR) is 69.9 cm³/mol. The van der Waals surface area contributed by atoms with Crippen LogP contribution in [0.15, 0.2) is 0 Å². The van der Waals surface area contributed by atoms with Crippen molar-refractivity contribution in [1.82, 2.24) is 9.78 Å². The van der Waals surface area contributed by atoms with Crippen molar-refractivity contribution < 1.29 is 8.42 Å². The normalized spacial score (nSPS) is 11.7. The van der Waals surface area contributed by atoms with Crippen LogP contribution < -0.4 is 11.1 Å². The van der Waals surface area contributed by atoms with Crippen LogP contribution in [0.1, 0.15) is 19.5 Å². The van der Waals surface area contributed by atoms with Crippen molar-refractivity contribution in [3.63, 3.8) is 0 Å². The Bertz CT molecular complexity index is 479. The summed E-state index contributed by atoms with van der Waals surface area (Å²) >= 11 is 0. The van der Waals surface area contributed by atoms with Gasteiger partial charge in [0.1, 0.15) is 5.82 Å². The molecular weight excluding hydrogens is 240 g/mol. The number of nitrogens with zero attached hydrogens (tertiary/aromatic N) is 2. The highest BCUT2D eigenvalue weighted by molar-refractivity contribution is 7.91. The van der Waals surface area contributed by atoms with Crippen molar-refractivity contribution in [1.29, 1.82) is 0 Å². The van der Waals surface area contributed by atoms with Gasteiger partial charge in [0.05, 0.1) is 17.1 Å². The summed E-state index contributed by atoms with van der Waals surface area (Å²) < 4.78 is 24.4. The molecule has 0 aliphatic rings. The van der Waals surface area contributed by atoms with Crippen molar-refractivity contribution in [2.75, 3.05) is 29.1 Å². The molecule has 17 heavy (non-hydrogen) atoms. The quantitative estimate of drug-likeness (QED) is 0.783. The van der Waals surface area contributed by atoms with E-state index in [1.54, 1.807) is 11.6 Å². The zero-order valence-corrected chi connectivity index (χ0v) is 11.3. The molecule has 0 bridgehead atoms. The lowest BCUT2D eigenvalue weighted by Crippen LogP contribution is -2.19. The van der Waals surface area contributed by atoms with E-state index in [-0.39, 0.29) is 11.5 Å². The number of anilines is 2. The van der Waals surface area contributed by atoms with Gasteiger partial charge in [-0.15, -0.1) is 0 Å². The number of hydrogen-bond acceptors (Lipinski definition) is 5. The van der Waals surface area contributed by atoms with Gasteiger partial charge in [-0.3, -0.25) is 0 Å². The number of rotatable bonds is 6. The molecule has 0 amide bonds. The van der Waals surface area contributed by atoms with Crippen molar-refractivity contribution in [2.24, 2.45) is 0 Å². The van der Waals surface area contributed by atoms with E-state index in [9.17, 15) is 8.42 Å². The molecule has 1 rings (SSSR count). The van der Waals surface area contributed by atoms with Crippen LogP contribution in [0.5, 0.6) is 0 Å². The van der Waals surface area contributed by atoms with Gasteiger partial charge in [-0.05, 0) is 13.8 Å². The van der Waals surface area contributed by atoms with Gasteiger partial charge in [0.15, 0.2) is 9.84 Å². The van der Waals surface area contributed by atoms with E-state index in [1.807, 2.05) is 13.8 Å². The third-order valence-electron chi connectivity index (χ3n) is 2.62. The fourth-order valence-corrected chi connectivity index (χ4v) is 2.18. The second kappa shape index (κ2) is 5.39. The Hall–Kier alpha value is -1.24. The molecule has 0 saturated carbocycles. The summed E-state index contributed by atoms with van der Waals surface area (Å²) in [6.45, 7) is 6.48. The fraction of sp³-hybridized carbons (Fsp3) is 0.700. The number of nitrogen functional groups attached to an aromatic ring is 1. The molecule has 1 aromatic rings. The van der Waals surface area contributed by atoms with E-state index < -0.39 is 9.84 Å². The smallest absolute Gasteiger partial charge is 0.151 e. The maximum Gasteiger partial charge on any atom is 0.151 e. The standard InChI is InChI=1S/C10H20N4O2S/c1-4-14-10(9(11)8(3)13-14)12-6-7-17(15,16)5-2/h12H,4-7,11H2,1-3H3. The number of aryl methyl sites for hydroxylation is 2. The van der Waals surface area contributed by atoms with Crippen molar-refractivity contribution in [3.8, 4) is 0 Å². The van der Waals surface area contributed by atoms with Crippen molar-refractivity contribution in [2.45, 2.75) is 27.3 Å². The van der Waals surface area contributed by atoms with Crippen LogP contribution >= 0.6 is 0 Å². The molecule has 6 nitrogen and oxygen atoms in total. The second-order valence-electron chi connectivity index (χ2n) is 3.83. The second-order valence-corrected chi connectivity index (χ2v) is 6.30. The van der Waals surface area contributed by atoms with Gasteiger partial charge in [-0.25, -0.2) is 13.1 Å². The average Bonchev–Trinajstić information content (AvgIpc) is 2.56. The Morgan fingerprint density at radius 2 is 2.06 bits per heavy atom. The molecule has 1 aromatic heterocycles. The molecule has 3 N–H and O–H groups in total. The van der Waals surface area contributed by atoms with E-state index >= 15 is 0 Å². The molecule has 7 heteroatoms. The van der Waals surface area contributed by atoms with Crippen molar-refractivity contribution in [3.05, 3.63) is 5.69 Å². The minimum Gasteiger partial charge on any atom is -0.394 e. The molecule has 0 fully saturated rings. The molecule has 0 atom stereocenters. The van der Waals surface area contributed by atoms with E-state index in [4.69, 9.17) is 5.73 Å². The summed E-state index contributed by atoms with van der Waals surface area (Å²) in [4.78, 5) is 0. The van der Waals surface area contributed by atoms with Gasteiger partial charge in [0.2, 0.25) is 0 Å². The average molecular weight is 260 g/mol. The highest BCUT2D eigenvalue weighted by Crippen LogP contribution is 2.21. The maximum atomic E-state index is 11.3. The Labute approximate surface area is 102 Å². The summed E-state index contributed by atoms with van der Waals surface area (Å²) in [5, 5.41) is 7.28. The van der Waals surface area contributed by atoms with Gasteiger partial charge in [0, 0.05) is 18.8 Å². The molecule has 0 radical (unpaired) electrons. The lowest BCUT2D eigenvalue weighted by molar-refractivity contribution is 0.597. The maximum absolute atomic E-state index is 11.3. The van der Waals surface area contributed by atoms with Crippen LogP contribution in [0.4, 0.5) is 11.5 Å². The van der Waals surface area contributed by atoms with E-state index in [0.717, 1.165) is 5.69 Å². The Kier molecular flexibility index (Phi) is 4.39. The minimum atomic E-state index is -2.95. The summed E-state index contributed by atoms with van der Waals surface area (Å²) in [5.41, 5.74) is 7.21. The summed E-state index contributed by atoms with van der Waals surface area (Å²) in [7, 11) is -2.95. The highest BCUT2D eigenvalue weighted by atomic mass is 32.2. The number of aromatic nitrogens is 2. The Morgan fingerprint density at radius 1 is 1.41 bits per heavy atom. The molecular formula is C10H20N4O2S. The van der Waals surface area contributed by atoms with Crippen LogP contribution in [-0.4, -0.2) is 36.2 Å². The molecule has 98 valence electrons. The zero-order chi connectivity index (χ0) is 13.1. The topological polar surface area (TPSA) is 90.0 Å². The molecule has 1 heterocycles. The molecule has 0 aliphatic carbocycles. The Morgan fingerprint density at radius 3 is 2.59 bits per heavy atom. The van der Waals surface area contributed by atoms with E-state index in [0.29, 0.717) is 24.6 Å². The monoisotopic (exact) mass is 260 g/mol. The lowest BCUT2D eigenvalue weighted by atomic mass is 10.4. The van der Waals surface area contributed by atoms with Gasteiger partial charge in [0.25, 0.3) is 0 Å². The molecule has 0 aromatic carbocycles. The first-order valence-corrected chi connectivity index (χ1v) is 7.50. The van der Waals surface area contributed by atoms with Gasteiger partial charge in [-0.2, -0.15) is 5.10 Å². The number of nitrogens with one attached hydrogen (secondary N) is 1. The SMILES string of the molecule is CCn1nc(C)c(N)c1NCCS(=O)(=O)CC. The van der Waals surface area contributed by atoms with Gasteiger partial charge >= 0.3 is 0 Å². The first kappa shape index (κ1) is 13.8. The van der Waals surface area contributed by atoms with Crippen LogP contribution in [-0.2, 0) is 16.4 Å². The largest absolute Gasteiger partial charge is 0.394 e. The van der Waals surface area contributed by atoms with Crippen LogP contribution in [0, 0.1) is 6.92 Å². The van der Waals surface area contributed by atoms with Crippen molar-refractivity contribution >= 4 is 21.3 Å². The zero-order valence-electron chi connectivity index (χ0n) is 10.5. The number of nitrogens with two attached hydrogens (primary N) is 1. The van der Waals surface area contributed by atoms with E-state index in [1.165, 1.54) is 0 Å². The lowest BCUT2D eigenvalue weighted by Gasteiger charge is -2.09. The van der Waals surface area contributed by atoms with Gasteiger partial charge in [-0.1, -0.05) is 6.92 Å². The van der Waals surface area contributed by atoms with Crippen LogP contribution in [0.3, 0.4) is 0 Å². The van der Waals surface area contributed by atoms with E-state index in [2.05, 4.69) is 10.4 Å². The number of hydrogen-bond donors (Lipinski definition) is 2. The summed E-state index contributed by atoms with van der Waals surface area (Å²) in [6, 6.07) is 0. The van der Waals surface area contributed by atoms with Crippen LogP contribution in [0.2, 0.25) is 0 Å². The third kappa shape index (κ3) is 3.36. The van der Waals surface area contributed by atoms with Crippen LogP contribution in [0.25, 0.3) is 0 Å². The molecule has 0 saturated heterocycles. The predicted octanol–water partition coefficient (Wildman–Crippen LogP) is 0.640. The molecule has 0 spiro atoms.